The molecule has 2 rings (SSSR count). The summed E-state index contributed by atoms with van der Waals surface area (Å²) in [5, 5.41) is 2.95. The van der Waals surface area contributed by atoms with Crippen LogP contribution in [0, 0.1) is 0 Å². The zero-order valence-electron chi connectivity index (χ0n) is 11.7. The van der Waals surface area contributed by atoms with Crippen molar-refractivity contribution in [1.29, 1.82) is 0 Å². The van der Waals surface area contributed by atoms with Crippen molar-refractivity contribution >= 4 is 11.7 Å². The minimum absolute atomic E-state index is 0.0307. The molecule has 0 aliphatic carbocycles. The SMILES string of the molecule is CN(C)CCNC(=O)c1cccnc1N1CCCC1. The second kappa shape index (κ2) is 6.52. The first-order valence-electron chi connectivity index (χ1n) is 6.81. The molecule has 0 unspecified atom stereocenters. The van der Waals surface area contributed by atoms with Crippen molar-refractivity contribution in [2.24, 2.45) is 0 Å². The van der Waals surface area contributed by atoms with Crippen LogP contribution in [0.3, 0.4) is 0 Å². The molecule has 0 aromatic carbocycles. The number of nitrogens with one attached hydrogen (secondary N) is 1. The molecule has 0 saturated carbocycles. The van der Waals surface area contributed by atoms with Gasteiger partial charge in [-0.25, -0.2) is 4.98 Å². The van der Waals surface area contributed by atoms with E-state index in [2.05, 4.69) is 15.2 Å². The van der Waals surface area contributed by atoms with E-state index in [-0.39, 0.29) is 5.91 Å². The first-order valence-corrected chi connectivity index (χ1v) is 6.81. The summed E-state index contributed by atoms with van der Waals surface area (Å²) in [5.41, 5.74) is 0.683. The van der Waals surface area contributed by atoms with Crippen LogP contribution >= 0.6 is 0 Å². The van der Waals surface area contributed by atoms with Crippen molar-refractivity contribution in [2.45, 2.75) is 12.8 Å². The van der Waals surface area contributed by atoms with E-state index in [4.69, 9.17) is 0 Å². The van der Waals surface area contributed by atoms with Crippen molar-refractivity contribution in [3.63, 3.8) is 0 Å². The Hall–Kier alpha value is -1.62. The molecule has 1 N–H and O–H groups in total. The molecular formula is C14H22N4O. The van der Waals surface area contributed by atoms with Crippen LogP contribution in [0.5, 0.6) is 0 Å². The molecule has 1 aromatic rings. The Morgan fingerprint density at radius 1 is 1.42 bits per heavy atom. The van der Waals surface area contributed by atoms with Crippen molar-refractivity contribution in [2.75, 3.05) is 45.2 Å². The largest absolute Gasteiger partial charge is 0.356 e. The van der Waals surface area contributed by atoms with Crippen LogP contribution in [0.25, 0.3) is 0 Å². The summed E-state index contributed by atoms with van der Waals surface area (Å²) in [6.45, 7) is 3.48. The average molecular weight is 262 g/mol. The number of nitrogens with zero attached hydrogens (tertiary/aromatic N) is 3. The van der Waals surface area contributed by atoms with Gasteiger partial charge in [0, 0.05) is 32.4 Å². The Labute approximate surface area is 114 Å². The number of hydrogen-bond donors (Lipinski definition) is 1. The Kier molecular flexibility index (Phi) is 4.74. The zero-order valence-corrected chi connectivity index (χ0v) is 11.7. The van der Waals surface area contributed by atoms with E-state index in [0.29, 0.717) is 12.1 Å². The maximum atomic E-state index is 12.2. The lowest BCUT2D eigenvalue weighted by atomic mass is 10.2. The zero-order chi connectivity index (χ0) is 13.7. The molecule has 0 bridgehead atoms. The van der Waals surface area contributed by atoms with Crippen molar-refractivity contribution in [3.8, 4) is 0 Å². The van der Waals surface area contributed by atoms with Crippen LogP contribution in [-0.2, 0) is 0 Å². The van der Waals surface area contributed by atoms with Gasteiger partial charge in [0.2, 0.25) is 0 Å². The minimum atomic E-state index is -0.0307. The normalized spacial score (nSPS) is 15.0. The van der Waals surface area contributed by atoms with Crippen molar-refractivity contribution < 1.29 is 4.79 Å². The molecular weight excluding hydrogens is 240 g/mol. The Bertz CT molecular complexity index is 427. The number of aromatic nitrogens is 1. The number of carbonyl (C=O) groups excluding carboxylic acids is 1. The number of anilines is 1. The maximum Gasteiger partial charge on any atom is 0.255 e. The molecule has 2 heterocycles. The monoisotopic (exact) mass is 262 g/mol. The lowest BCUT2D eigenvalue weighted by Gasteiger charge is -2.19. The number of pyridine rings is 1. The molecule has 5 nitrogen and oxygen atoms in total. The number of carbonyl (C=O) groups is 1. The van der Waals surface area contributed by atoms with Crippen LogP contribution in [0.1, 0.15) is 23.2 Å². The van der Waals surface area contributed by atoms with E-state index in [9.17, 15) is 4.79 Å². The van der Waals surface area contributed by atoms with E-state index >= 15 is 0 Å². The summed E-state index contributed by atoms with van der Waals surface area (Å²) in [6, 6.07) is 3.67. The molecule has 1 aromatic heterocycles. The first kappa shape index (κ1) is 13.8. The van der Waals surface area contributed by atoms with Gasteiger partial charge in [-0.3, -0.25) is 4.79 Å². The quantitative estimate of drug-likeness (QED) is 0.859. The van der Waals surface area contributed by atoms with Gasteiger partial charge in [-0.15, -0.1) is 0 Å². The lowest BCUT2D eigenvalue weighted by Crippen LogP contribution is -2.33. The van der Waals surface area contributed by atoms with E-state index in [1.54, 1.807) is 6.20 Å². The summed E-state index contributed by atoms with van der Waals surface area (Å²) in [7, 11) is 3.98. The van der Waals surface area contributed by atoms with Gasteiger partial charge in [-0.05, 0) is 39.1 Å². The molecule has 1 aliphatic rings. The highest BCUT2D eigenvalue weighted by Crippen LogP contribution is 2.21. The Morgan fingerprint density at radius 3 is 2.84 bits per heavy atom. The fourth-order valence-electron chi connectivity index (χ4n) is 2.24. The van der Waals surface area contributed by atoms with Crippen LogP contribution in [-0.4, -0.2) is 56.1 Å². The standard InChI is InChI=1S/C14H22N4O/c1-17(2)11-8-16-14(19)12-6-5-7-15-13(12)18-9-3-4-10-18/h5-7H,3-4,8-11H2,1-2H3,(H,16,19). The van der Waals surface area contributed by atoms with E-state index < -0.39 is 0 Å². The molecule has 5 heteroatoms. The van der Waals surface area contributed by atoms with Gasteiger partial charge < -0.3 is 15.1 Å². The van der Waals surface area contributed by atoms with Gasteiger partial charge in [-0.2, -0.15) is 0 Å². The third kappa shape index (κ3) is 3.67. The summed E-state index contributed by atoms with van der Waals surface area (Å²) in [6.07, 6.45) is 4.11. The second-order valence-electron chi connectivity index (χ2n) is 5.13. The topological polar surface area (TPSA) is 48.5 Å². The van der Waals surface area contributed by atoms with Crippen LogP contribution in [0.15, 0.2) is 18.3 Å². The number of amides is 1. The maximum absolute atomic E-state index is 12.2. The third-order valence-corrected chi connectivity index (χ3v) is 3.28. The average Bonchev–Trinajstić information content (AvgIpc) is 2.92. The highest BCUT2D eigenvalue weighted by molar-refractivity contribution is 5.98. The highest BCUT2D eigenvalue weighted by Gasteiger charge is 2.20. The summed E-state index contributed by atoms with van der Waals surface area (Å²) >= 11 is 0. The van der Waals surface area contributed by atoms with Gasteiger partial charge in [0.1, 0.15) is 5.82 Å². The molecule has 19 heavy (non-hydrogen) atoms. The van der Waals surface area contributed by atoms with Gasteiger partial charge in [0.15, 0.2) is 0 Å². The van der Waals surface area contributed by atoms with Crippen LogP contribution in [0.2, 0.25) is 0 Å². The Morgan fingerprint density at radius 2 is 2.16 bits per heavy atom. The predicted molar refractivity (Wildman–Crippen MR) is 76.6 cm³/mol. The molecule has 1 aliphatic heterocycles. The molecule has 1 fully saturated rings. The van der Waals surface area contributed by atoms with Crippen LogP contribution < -0.4 is 10.2 Å². The highest BCUT2D eigenvalue weighted by atomic mass is 16.1. The molecule has 0 radical (unpaired) electrons. The summed E-state index contributed by atoms with van der Waals surface area (Å²) in [5.74, 6) is 0.791. The smallest absolute Gasteiger partial charge is 0.255 e. The molecule has 104 valence electrons. The van der Waals surface area contributed by atoms with Crippen molar-refractivity contribution in [3.05, 3.63) is 23.9 Å². The molecule has 1 saturated heterocycles. The third-order valence-electron chi connectivity index (χ3n) is 3.28. The van der Waals surface area contributed by atoms with Gasteiger partial charge in [-0.1, -0.05) is 0 Å². The second-order valence-corrected chi connectivity index (χ2v) is 5.13. The lowest BCUT2D eigenvalue weighted by molar-refractivity contribution is 0.0951. The van der Waals surface area contributed by atoms with Gasteiger partial charge in [0.25, 0.3) is 5.91 Å². The van der Waals surface area contributed by atoms with Crippen LogP contribution in [0.4, 0.5) is 5.82 Å². The van der Waals surface area contributed by atoms with E-state index in [0.717, 1.165) is 25.5 Å². The summed E-state index contributed by atoms with van der Waals surface area (Å²) < 4.78 is 0. The van der Waals surface area contributed by atoms with Crippen molar-refractivity contribution in [1.82, 2.24) is 15.2 Å². The van der Waals surface area contributed by atoms with Gasteiger partial charge >= 0.3 is 0 Å². The molecule has 0 spiro atoms. The predicted octanol–water partition coefficient (Wildman–Crippen LogP) is 0.973. The fraction of sp³-hybridized carbons (Fsp3) is 0.571. The van der Waals surface area contributed by atoms with Gasteiger partial charge in [0.05, 0.1) is 5.56 Å². The minimum Gasteiger partial charge on any atom is -0.356 e. The number of likely N-dealkylation sites (N-methyl/N-ethyl adjacent to an activating group) is 1. The Balaban J connectivity index is 2.04. The molecule has 0 atom stereocenters. The number of rotatable bonds is 5. The summed E-state index contributed by atoms with van der Waals surface area (Å²) in [4.78, 5) is 20.8. The first-order chi connectivity index (χ1) is 9.18. The van der Waals surface area contributed by atoms with E-state index in [1.165, 1.54) is 12.8 Å². The van der Waals surface area contributed by atoms with E-state index in [1.807, 2.05) is 31.1 Å². The number of hydrogen-bond acceptors (Lipinski definition) is 4. The fourth-order valence-corrected chi connectivity index (χ4v) is 2.24. The molecule has 1 amide bonds.